The second kappa shape index (κ2) is 6.69. The number of nitrogens with zero attached hydrogens (tertiary/aromatic N) is 2. The fraction of sp³-hybridized carbons (Fsp3) is 0.550. The summed E-state index contributed by atoms with van der Waals surface area (Å²) in [5.41, 5.74) is 6.36. The van der Waals surface area contributed by atoms with Crippen molar-refractivity contribution in [2.24, 2.45) is 11.7 Å². The van der Waals surface area contributed by atoms with E-state index in [4.69, 9.17) is 5.73 Å². The molecule has 2 aromatic rings. The lowest BCUT2D eigenvalue weighted by Crippen LogP contribution is -2.45. The predicted molar refractivity (Wildman–Crippen MR) is 97.1 cm³/mol. The first-order chi connectivity index (χ1) is 11.7. The van der Waals surface area contributed by atoms with E-state index in [0.717, 1.165) is 29.7 Å². The van der Waals surface area contributed by atoms with Crippen LogP contribution in [0.1, 0.15) is 43.3 Å². The van der Waals surface area contributed by atoms with Gasteiger partial charge in [-0.05, 0) is 68.3 Å². The normalized spacial score (nSPS) is 26.7. The summed E-state index contributed by atoms with van der Waals surface area (Å²) in [6.07, 6.45) is 11.1. The second-order valence-corrected chi connectivity index (χ2v) is 7.47. The Morgan fingerprint density at radius 1 is 1.00 bits per heavy atom. The third-order valence-corrected chi connectivity index (χ3v) is 6.00. The number of benzene rings is 1. The molecule has 1 aliphatic carbocycles. The van der Waals surface area contributed by atoms with Gasteiger partial charge in [0.25, 0.3) is 0 Å². The lowest BCUT2D eigenvalue weighted by Gasteiger charge is -2.36. The first-order valence-corrected chi connectivity index (χ1v) is 9.33. The van der Waals surface area contributed by atoms with Crippen LogP contribution < -0.4 is 5.73 Å². The quantitative estimate of drug-likeness (QED) is 0.942. The fourth-order valence-electron chi connectivity index (χ4n) is 4.52. The molecule has 2 aliphatic rings. The van der Waals surface area contributed by atoms with Crippen molar-refractivity contribution in [2.45, 2.75) is 50.6 Å². The molecule has 1 aromatic carbocycles. The van der Waals surface area contributed by atoms with Crippen LogP contribution in [0.2, 0.25) is 0 Å². The summed E-state index contributed by atoms with van der Waals surface area (Å²) in [7, 11) is 0. The summed E-state index contributed by atoms with van der Waals surface area (Å²) in [5.74, 6) is 0.359. The SMILES string of the molecule is N[C@H](C(=O)n1cc2ccccc2c1)C1CCC(N2CCCC2)CC1. The van der Waals surface area contributed by atoms with Gasteiger partial charge in [-0.25, -0.2) is 0 Å². The Balaban J connectivity index is 1.40. The van der Waals surface area contributed by atoms with Crippen LogP contribution in [-0.4, -0.2) is 40.5 Å². The van der Waals surface area contributed by atoms with E-state index in [1.54, 1.807) is 4.57 Å². The zero-order valence-electron chi connectivity index (χ0n) is 14.2. The van der Waals surface area contributed by atoms with Gasteiger partial charge < -0.3 is 10.6 Å². The molecule has 4 nitrogen and oxygen atoms in total. The van der Waals surface area contributed by atoms with Crippen molar-refractivity contribution in [1.82, 2.24) is 9.47 Å². The van der Waals surface area contributed by atoms with Crippen LogP contribution in [0.4, 0.5) is 0 Å². The first kappa shape index (κ1) is 15.9. The molecule has 0 unspecified atom stereocenters. The van der Waals surface area contributed by atoms with Crippen LogP contribution >= 0.6 is 0 Å². The summed E-state index contributed by atoms with van der Waals surface area (Å²) in [6.45, 7) is 2.52. The monoisotopic (exact) mass is 325 g/mol. The van der Waals surface area contributed by atoms with Gasteiger partial charge in [-0.2, -0.15) is 0 Å². The number of carbonyl (C=O) groups is 1. The standard InChI is InChI=1S/C20H27N3O/c21-19(15-7-9-18(10-8-15)22-11-3-4-12-22)20(24)23-13-16-5-1-2-6-17(16)14-23/h1-2,5-6,13-15,18-19H,3-4,7-12,21H2/t15?,18?,19-/m0/s1. The minimum absolute atomic E-state index is 0.0378. The van der Waals surface area contributed by atoms with Crippen molar-refractivity contribution in [3.8, 4) is 0 Å². The molecular formula is C20H27N3O. The summed E-state index contributed by atoms with van der Waals surface area (Å²) < 4.78 is 1.70. The lowest BCUT2D eigenvalue weighted by molar-refractivity contribution is 0.0805. The number of hydrogen-bond donors (Lipinski definition) is 1. The number of nitrogens with two attached hydrogens (primary N) is 1. The summed E-state index contributed by atoms with van der Waals surface area (Å²) in [5, 5.41) is 2.19. The Bertz CT molecular complexity index is 675. The van der Waals surface area contributed by atoms with Crippen LogP contribution in [0.3, 0.4) is 0 Å². The molecule has 1 saturated carbocycles. The van der Waals surface area contributed by atoms with Crippen LogP contribution in [0.25, 0.3) is 10.8 Å². The third-order valence-electron chi connectivity index (χ3n) is 6.00. The highest BCUT2D eigenvalue weighted by molar-refractivity contribution is 5.91. The smallest absolute Gasteiger partial charge is 0.247 e. The van der Waals surface area contributed by atoms with Gasteiger partial charge in [0, 0.05) is 18.4 Å². The number of fused-ring (bicyclic) bond motifs is 1. The zero-order chi connectivity index (χ0) is 16.5. The Morgan fingerprint density at radius 3 is 2.17 bits per heavy atom. The van der Waals surface area contributed by atoms with E-state index in [0.29, 0.717) is 5.92 Å². The van der Waals surface area contributed by atoms with Crippen molar-refractivity contribution >= 4 is 16.7 Å². The van der Waals surface area contributed by atoms with Gasteiger partial charge in [-0.15, -0.1) is 0 Å². The van der Waals surface area contributed by atoms with Crippen molar-refractivity contribution < 1.29 is 4.79 Å². The number of carbonyl (C=O) groups excluding carboxylic acids is 1. The van der Waals surface area contributed by atoms with E-state index >= 15 is 0 Å². The summed E-state index contributed by atoms with van der Waals surface area (Å²) in [4.78, 5) is 15.4. The van der Waals surface area contributed by atoms with Crippen molar-refractivity contribution in [1.29, 1.82) is 0 Å². The fourth-order valence-corrected chi connectivity index (χ4v) is 4.52. The molecule has 24 heavy (non-hydrogen) atoms. The molecule has 0 amide bonds. The lowest BCUT2D eigenvalue weighted by atomic mass is 9.81. The van der Waals surface area contributed by atoms with Crippen LogP contribution in [0.5, 0.6) is 0 Å². The molecule has 128 valence electrons. The molecule has 2 N–H and O–H groups in total. The molecule has 0 bridgehead atoms. The van der Waals surface area contributed by atoms with Gasteiger partial charge in [0.2, 0.25) is 5.91 Å². The van der Waals surface area contributed by atoms with Gasteiger partial charge in [0.05, 0.1) is 6.04 Å². The van der Waals surface area contributed by atoms with Crippen molar-refractivity contribution in [2.75, 3.05) is 13.1 Å². The van der Waals surface area contributed by atoms with Crippen LogP contribution in [0.15, 0.2) is 36.7 Å². The molecule has 1 aromatic heterocycles. The molecule has 1 saturated heterocycles. The largest absolute Gasteiger partial charge is 0.320 e. The molecule has 4 rings (SSSR count). The maximum Gasteiger partial charge on any atom is 0.247 e. The summed E-state index contributed by atoms with van der Waals surface area (Å²) in [6, 6.07) is 8.40. The van der Waals surface area contributed by atoms with Crippen molar-refractivity contribution in [3.63, 3.8) is 0 Å². The van der Waals surface area contributed by atoms with Gasteiger partial charge >= 0.3 is 0 Å². The van der Waals surface area contributed by atoms with E-state index in [1.807, 2.05) is 36.7 Å². The first-order valence-electron chi connectivity index (χ1n) is 9.33. The Hall–Kier alpha value is -1.65. The number of aromatic nitrogens is 1. The zero-order valence-corrected chi connectivity index (χ0v) is 14.2. The summed E-state index contributed by atoms with van der Waals surface area (Å²) >= 11 is 0. The van der Waals surface area contributed by atoms with Gasteiger partial charge in [-0.3, -0.25) is 9.36 Å². The van der Waals surface area contributed by atoms with Crippen LogP contribution in [-0.2, 0) is 0 Å². The van der Waals surface area contributed by atoms with E-state index in [-0.39, 0.29) is 11.9 Å². The molecule has 1 atom stereocenters. The highest BCUT2D eigenvalue weighted by Crippen LogP contribution is 2.31. The van der Waals surface area contributed by atoms with E-state index in [2.05, 4.69) is 4.90 Å². The van der Waals surface area contributed by atoms with E-state index < -0.39 is 0 Å². The number of likely N-dealkylation sites (tertiary alicyclic amines) is 1. The molecular weight excluding hydrogens is 298 g/mol. The molecule has 2 fully saturated rings. The molecule has 4 heteroatoms. The van der Waals surface area contributed by atoms with Gasteiger partial charge in [-0.1, -0.05) is 24.3 Å². The van der Waals surface area contributed by atoms with E-state index in [9.17, 15) is 4.79 Å². The molecule has 2 heterocycles. The van der Waals surface area contributed by atoms with Gasteiger partial charge in [0.1, 0.15) is 0 Å². The van der Waals surface area contributed by atoms with Gasteiger partial charge in [0.15, 0.2) is 0 Å². The Morgan fingerprint density at radius 2 is 1.58 bits per heavy atom. The number of hydrogen-bond acceptors (Lipinski definition) is 3. The van der Waals surface area contributed by atoms with Crippen molar-refractivity contribution in [3.05, 3.63) is 36.7 Å². The average Bonchev–Trinajstić information content (AvgIpc) is 3.30. The average molecular weight is 325 g/mol. The minimum atomic E-state index is -0.383. The molecule has 1 aliphatic heterocycles. The maximum atomic E-state index is 12.8. The van der Waals surface area contributed by atoms with Crippen LogP contribution in [0, 0.1) is 5.92 Å². The number of rotatable bonds is 3. The molecule has 0 spiro atoms. The Labute approximate surface area is 143 Å². The Kier molecular flexibility index (Phi) is 4.42. The maximum absolute atomic E-state index is 12.8. The molecule has 0 radical (unpaired) electrons. The second-order valence-electron chi connectivity index (χ2n) is 7.47. The highest BCUT2D eigenvalue weighted by atomic mass is 16.2. The van der Waals surface area contributed by atoms with E-state index in [1.165, 1.54) is 38.8 Å². The minimum Gasteiger partial charge on any atom is -0.320 e. The highest BCUT2D eigenvalue weighted by Gasteiger charge is 2.32. The topological polar surface area (TPSA) is 51.3 Å². The third kappa shape index (κ3) is 3.01. The predicted octanol–water partition coefficient (Wildman–Crippen LogP) is 3.26.